The van der Waals surface area contributed by atoms with Crippen LogP contribution in [0.25, 0.3) is 5.57 Å². The number of benzene rings is 1. The lowest BCUT2D eigenvalue weighted by Gasteiger charge is -2.11. The normalized spacial score (nSPS) is 15.3. The number of hydrogen-bond donors (Lipinski definition) is 0. The van der Waals surface area contributed by atoms with Gasteiger partial charge >= 0.3 is 0 Å². The highest BCUT2D eigenvalue weighted by molar-refractivity contribution is 5.82. The van der Waals surface area contributed by atoms with E-state index in [1.54, 1.807) is 11.1 Å². The van der Waals surface area contributed by atoms with Crippen LogP contribution in [0.1, 0.15) is 51.5 Å². The molecule has 2 rings (SSSR count). The largest absolute Gasteiger partial charge is 0.0723 e. The summed E-state index contributed by atoms with van der Waals surface area (Å²) in [4.78, 5) is 0. The Bertz CT molecular complexity index is 421. The summed E-state index contributed by atoms with van der Waals surface area (Å²) in [7, 11) is 0. The zero-order valence-corrected chi connectivity index (χ0v) is 11.0. The summed E-state index contributed by atoms with van der Waals surface area (Å²) in [5.74, 6) is 0. The zero-order chi connectivity index (χ0) is 12.1. The van der Waals surface area contributed by atoms with Gasteiger partial charge in [0.15, 0.2) is 0 Å². The molecule has 0 radical (unpaired) electrons. The van der Waals surface area contributed by atoms with Gasteiger partial charge in [0.05, 0.1) is 0 Å². The van der Waals surface area contributed by atoms with Crippen LogP contribution >= 0.6 is 0 Å². The van der Waals surface area contributed by atoms with Crippen molar-refractivity contribution >= 4 is 5.57 Å². The molecule has 1 aromatic carbocycles. The maximum Gasteiger partial charge on any atom is -0.0123 e. The molecule has 0 heterocycles. The molecule has 0 unspecified atom stereocenters. The van der Waals surface area contributed by atoms with E-state index in [0.717, 1.165) is 0 Å². The van der Waals surface area contributed by atoms with Crippen molar-refractivity contribution in [1.82, 2.24) is 0 Å². The van der Waals surface area contributed by atoms with E-state index in [4.69, 9.17) is 0 Å². The van der Waals surface area contributed by atoms with Gasteiger partial charge in [-0.3, -0.25) is 0 Å². The monoisotopic (exact) mass is 226 g/mol. The van der Waals surface area contributed by atoms with Crippen LogP contribution in [0.4, 0.5) is 0 Å². The van der Waals surface area contributed by atoms with E-state index in [9.17, 15) is 0 Å². The summed E-state index contributed by atoms with van der Waals surface area (Å²) in [6.45, 7) is 4.55. The van der Waals surface area contributed by atoms with E-state index < -0.39 is 0 Å². The van der Waals surface area contributed by atoms with Gasteiger partial charge in [0, 0.05) is 0 Å². The average Bonchev–Trinajstić information content (AvgIpc) is 2.75. The van der Waals surface area contributed by atoms with Crippen molar-refractivity contribution < 1.29 is 0 Å². The minimum absolute atomic E-state index is 1.17. The van der Waals surface area contributed by atoms with Crippen LogP contribution in [0.2, 0.25) is 0 Å². The third kappa shape index (κ3) is 2.69. The molecule has 0 aliphatic heterocycles. The molecule has 0 amide bonds. The molecule has 0 N–H and O–H groups in total. The number of hydrogen-bond acceptors (Lipinski definition) is 0. The Kier molecular flexibility index (Phi) is 4.19. The van der Waals surface area contributed by atoms with E-state index in [1.807, 2.05) is 0 Å². The SMILES string of the molecule is CCCC1=C(CCC)C(c2ccccc2)=CC1. The Morgan fingerprint density at radius 3 is 2.29 bits per heavy atom. The first-order valence-electron chi connectivity index (χ1n) is 6.83. The molecular formula is C17H22. The van der Waals surface area contributed by atoms with Gasteiger partial charge < -0.3 is 0 Å². The summed E-state index contributed by atoms with van der Waals surface area (Å²) in [6.07, 6.45) is 8.60. The van der Waals surface area contributed by atoms with E-state index in [1.165, 1.54) is 43.2 Å². The van der Waals surface area contributed by atoms with E-state index in [0.29, 0.717) is 0 Å². The molecule has 0 heteroatoms. The molecule has 0 saturated heterocycles. The van der Waals surface area contributed by atoms with Crippen molar-refractivity contribution in [3.8, 4) is 0 Å². The first-order chi connectivity index (χ1) is 8.36. The van der Waals surface area contributed by atoms with Gasteiger partial charge in [-0.15, -0.1) is 0 Å². The second-order valence-corrected chi connectivity index (χ2v) is 4.77. The molecule has 90 valence electrons. The number of rotatable bonds is 5. The summed E-state index contributed by atoms with van der Waals surface area (Å²) in [5, 5.41) is 0. The van der Waals surface area contributed by atoms with Crippen LogP contribution in [0.3, 0.4) is 0 Å². The van der Waals surface area contributed by atoms with Crippen molar-refractivity contribution in [2.45, 2.75) is 46.0 Å². The maximum absolute atomic E-state index is 2.42. The third-order valence-electron chi connectivity index (χ3n) is 3.44. The van der Waals surface area contributed by atoms with Crippen molar-refractivity contribution in [2.75, 3.05) is 0 Å². The Labute approximate surface area is 105 Å². The van der Waals surface area contributed by atoms with Gasteiger partial charge in [-0.05, 0) is 36.0 Å². The van der Waals surface area contributed by atoms with Crippen LogP contribution < -0.4 is 0 Å². The minimum atomic E-state index is 1.17. The highest BCUT2D eigenvalue weighted by Crippen LogP contribution is 2.38. The molecule has 0 nitrogen and oxygen atoms in total. The van der Waals surface area contributed by atoms with Crippen molar-refractivity contribution in [1.29, 1.82) is 0 Å². The maximum atomic E-state index is 2.42. The zero-order valence-electron chi connectivity index (χ0n) is 11.0. The molecule has 0 bridgehead atoms. The summed E-state index contributed by atoms with van der Waals surface area (Å²) in [6, 6.07) is 10.8. The van der Waals surface area contributed by atoms with Gasteiger partial charge in [-0.2, -0.15) is 0 Å². The van der Waals surface area contributed by atoms with Gasteiger partial charge in [-0.1, -0.05) is 68.7 Å². The molecule has 0 atom stereocenters. The molecule has 1 aliphatic carbocycles. The fourth-order valence-electron chi connectivity index (χ4n) is 2.69. The lowest BCUT2D eigenvalue weighted by molar-refractivity contribution is 0.848. The summed E-state index contributed by atoms with van der Waals surface area (Å²) < 4.78 is 0. The highest BCUT2D eigenvalue weighted by atomic mass is 14.2. The van der Waals surface area contributed by atoms with Crippen LogP contribution in [0.5, 0.6) is 0 Å². The van der Waals surface area contributed by atoms with Crippen LogP contribution in [-0.4, -0.2) is 0 Å². The van der Waals surface area contributed by atoms with Crippen molar-refractivity contribution in [2.24, 2.45) is 0 Å². The first kappa shape index (κ1) is 12.2. The summed E-state index contributed by atoms with van der Waals surface area (Å²) >= 11 is 0. The van der Waals surface area contributed by atoms with Crippen LogP contribution in [-0.2, 0) is 0 Å². The van der Waals surface area contributed by atoms with Gasteiger partial charge in [0.2, 0.25) is 0 Å². The predicted octanol–water partition coefficient (Wildman–Crippen LogP) is 5.37. The van der Waals surface area contributed by atoms with Gasteiger partial charge in [0.1, 0.15) is 0 Å². The third-order valence-corrected chi connectivity index (χ3v) is 3.44. The molecule has 0 spiro atoms. The molecular weight excluding hydrogens is 204 g/mol. The topological polar surface area (TPSA) is 0 Å². The Hall–Kier alpha value is -1.30. The predicted molar refractivity (Wildman–Crippen MR) is 75.9 cm³/mol. The Morgan fingerprint density at radius 2 is 1.65 bits per heavy atom. The molecule has 0 aromatic heterocycles. The average molecular weight is 226 g/mol. The van der Waals surface area contributed by atoms with Crippen LogP contribution in [0, 0.1) is 0 Å². The van der Waals surface area contributed by atoms with E-state index in [2.05, 4.69) is 50.3 Å². The van der Waals surface area contributed by atoms with E-state index in [-0.39, 0.29) is 0 Å². The smallest absolute Gasteiger partial charge is 0.0123 e. The molecule has 17 heavy (non-hydrogen) atoms. The molecule has 1 aromatic rings. The van der Waals surface area contributed by atoms with Gasteiger partial charge in [-0.25, -0.2) is 0 Å². The first-order valence-corrected chi connectivity index (χ1v) is 6.83. The Balaban J connectivity index is 2.29. The second-order valence-electron chi connectivity index (χ2n) is 4.77. The van der Waals surface area contributed by atoms with Crippen molar-refractivity contribution in [3.05, 3.63) is 53.1 Å². The lowest BCUT2D eigenvalue weighted by Crippen LogP contribution is -1.90. The molecule has 0 saturated carbocycles. The fourth-order valence-corrected chi connectivity index (χ4v) is 2.69. The lowest BCUT2D eigenvalue weighted by atomic mass is 9.94. The van der Waals surface area contributed by atoms with E-state index >= 15 is 0 Å². The Morgan fingerprint density at radius 1 is 0.941 bits per heavy atom. The van der Waals surface area contributed by atoms with Gasteiger partial charge in [0.25, 0.3) is 0 Å². The number of allylic oxidation sites excluding steroid dienone is 4. The second kappa shape index (κ2) is 5.86. The molecule has 1 aliphatic rings. The fraction of sp³-hybridized carbons (Fsp3) is 0.412. The molecule has 0 fully saturated rings. The quantitative estimate of drug-likeness (QED) is 0.633. The summed E-state index contributed by atoms with van der Waals surface area (Å²) in [5.41, 5.74) is 6.19. The van der Waals surface area contributed by atoms with Crippen LogP contribution in [0.15, 0.2) is 47.6 Å². The highest BCUT2D eigenvalue weighted by Gasteiger charge is 2.17. The standard InChI is InChI=1S/C17H22/c1-3-8-14-12-13-17(16(14)9-4-2)15-10-6-5-7-11-15/h5-7,10-11,13H,3-4,8-9,12H2,1-2H3. The van der Waals surface area contributed by atoms with Crippen molar-refractivity contribution in [3.63, 3.8) is 0 Å². The minimum Gasteiger partial charge on any atom is -0.0723 e.